The van der Waals surface area contributed by atoms with E-state index in [2.05, 4.69) is 26.2 Å². The second kappa shape index (κ2) is 8.98. The number of aromatic nitrogens is 3. The topological polar surface area (TPSA) is 74.2 Å². The van der Waals surface area contributed by atoms with Gasteiger partial charge in [0.15, 0.2) is 5.82 Å². The highest BCUT2D eigenvalue weighted by Crippen LogP contribution is 2.28. The third kappa shape index (κ3) is 5.35. The lowest BCUT2D eigenvalue weighted by atomic mass is 10.1. The number of nitrogens with one attached hydrogen (secondary N) is 1. The quantitative estimate of drug-likeness (QED) is 0.702. The summed E-state index contributed by atoms with van der Waals surface area (Å²) in [5.41, 5.74) is 1.62. The van der Waals surface area contributed by atoms with Crippen LogP contribution in [0.3, 0.4) is 0 Å². The molecule has 31 heavy (non-hydrogen) atoms. The zero-order valence-electron chi connectivity index (χ0n) is 18.5. The van der Waals surface area contributed by atoms with Gasteiger partial charge in [-0.1, -0.05) is 12.1 Å². The monoisotopic (exact) mass is 418 g/mol. The molecule has 7 nitrogen and oxygen atoms in total. The smallest absolute Gasteiger partial charge is 0.234 e. The van der Waals surface area contributed by atoms with Crippen molar-refractivity contribution in [1.29, 1.82) is 0 Å². The number of pyridine rings is 1. The van der Waals surface area contributed by atoms with Crippen molar-refractivity contribution in [1.82, 2.24) is 25.2 Å². The standard InChI is InChI=1S/C24H30N6O/c1-24(2,3)28-21(31)17-29-12-7-13-30(15-14-29)23-19-9-4-5-10-20(19)26-22(27-23)18-8-6-11-25-16-18/h4-6,8-11,16H,7,12-15,17H2,1-3H3,(H,28,31). The van der Waals surface area contributed by atoms with Crippen LogP contribution in [0.5, 0.6) is 0 Å². The Bertz CT molecular complexity index is 1050. The molecule has 162 valence electrons. The lowest BCUT2D eigenvalue weighted by molar-refractivity contribution is -0.123. The van der Waals surface area contributed by atoms with Gasteiger partial charge in [-0.25, -0.2) is 9.97 Å². The Kier molecular flexibility index (Phi) is 6.13. The second-order valence-corrected chi connectivity index (χ2v) is 9.04. The predicted molar refractivity (Wildman–Crippen MR) is 124 cm³/mol. The molecular formula is C24H30N6O. The van der Waals surface area contributed by atoms with E-state index in [1.165, 1.54) is 0 Å². The van der Waals surface area contributed by atoms with E-state index in [9.17, 15) is 4.79 Å². The molecule has 1 aliphatic heterocycles. The Hall–Kier alpha value is -3.06. The highest BCUT2D eigenvalue weighted by atomic mass is 16.2. The predicted octanol–water partition coefficient (Wildman–Crippen LogP) is 3.12. The van der Waals surface area contributed by atoms with Gasteiger partial charge in [0.25, 0.3) is 0 Å². The fourth-order valence-corrected chi connectivity index (χ4v) is 3.93. The van der Waals surface area contributed by atoms with E-state index in [1.807, 2.05) is 51.1 Å². The van der Waals surface area contributed by atoms with Gasteiger partial charge in [-0.2, -0.15) is 0 Å². The fraction of sp³-hybridized carbons (Fsp3) is 0.417. The summed E-state index contributed by atoms with van der Waals surface area (Å²) in [6, 6.07) is 12.0. The van der Waals surface area contributed by atoms with E-state index >= 15 is 0 Å². The maximum absolute atomic E-state index is 12.4. The molecule has 0 unspecified atom stereocenters. The Balaban J connectivity index is 1.56. The normalized spacial score (nSPS) is 15.6. The number of hydrogen-bond donors (Lipinski definition) is 1. The molecule has 0 bridgehead atoms. The van der Waals surface area contributed by atoms with Crippen LogP contribution in [-0.2, 0) is 4.79 Å². The van der Waals surface area contributed by atoms with E-state index in [4.69, 9.17) is 9.97 Å². The number of benzene rings is 1. The zero-order chi connectivity index (χ0) is 21.8. The average Bonchev–Trinajstić information content (AvgIpc) is 2.97. The number of anilines is 1. The molecule has 1 aromatic carbocycles. The molecule has 1 fully saturated rings. The summed E-state index contributed by atoms with van der Waals surface area (Å²) in [7, 11) is 0. The van der Waals surface area contributed by atoms with Crippen molar-refractivity contribution in [3.05, 3.63) is 48.8 Å². The summed E-state index contributed by atoms with van der Waals surface area (Å²) < 4.78 is 0. The first kappa shape index (κ1) is 21.2. The molecule has 0 radical (unpaired) electrons. The van der Waals surface area contributed by atoms with Gasteiger partial charge in [0.1, 0.15) is 5.82 Å². The first-order chi connectivity index (χ1) is 14.9. The number of rotatable bonds is 4. The molecule has 1 N–H and O–H groups in total. The van der Waals surface area contributed by atoms with Crippen molar-refractivity contribution in [2.24, 2.45) is 0 Å². The van der Waals surface area contributed by atoms with E-state index in [-0.39, 0.29) is 11.4 Å². The summed E-state index contributed by atoms with van der Waals surface area (Å²) in [4.78, 5) is 30.9. The highest BCUT2D eigenvalue weighted by Gasteiger charge is 2.22. The van der Waals surface area contributed by atoms with Crippen LogP contribution >= 0.6 is 0 Å². The van der Waals surface area contributed by atoms with Gasteiger partial charge >= 0.3 is 0 Å². The van der Waals surface area contributed by atoms with Gasteiger partial charge in [-0.3, -0.25) is 14.7 Å². The first-order valence-corrected chi connectivity index (χ1v) is 10.8. The van der Waals surface area contributed by atoms with Gasteiger partial charge in [-0.05, 0) is 51.5 Å². The number of fused-ring (bicyclic) bond motifs is 1. The molecule has 0 spiro atoms. The molecule has 1 saturated heterocycles. The Labute approximate surface area is 183 Å². The van der Waals surface area contributed by atoms with Crippen molar-refractivity contribution in [2.75, 3.05) is 37.6 Å². The molecule has 1 amide bonds. The Morgan fingerprint density at radius 3 is 2.65 bits per heavy atom. The molecule has 0 atom stereocenters. The van der Waals surface area contributed by atoms with Crippen molar-refractivity contribution in [2.45, 2.75) is 32.7 Å². The summed E-state index contributed by atoms with van der Waals surface area (Å²) in [5.74, 6) is 1.71. The van der Waals surface area contributed by atoms with E-state index in [1.54, 1.807) is 12.4 Å². The molecule has 2 aromatic heterocycles. The molecule has 1 aliphatic rings. The van der Waals surface area contributed by atoms with Crippen molar-refractivity contribution in [3.8, 4) is 11.4 Å². The summed E-state index contributed by atoms with van der Waals surface area (Å²) in [6.07, 6.45) is 4.53. The first-order valence-electron chi connectivity index (χ1n) is 10.8. The van der Waals surface area contributed by atoms with Gasteiger partial charge in [0, 0.05) is 55.1 Å². The molecule has 7 heteroatoms. The van der Waals surface area contributed by atoms with Crippen LogP contribution in [0.4, 0.5) is 5.82 Å². The number of para-hydroxylation sites is 1. The maximum atomic E-state index is 12.4. The van der Waals surface area contributed by atoms with Crippen LogP contribution in [0.2, 0.25) is 0 Å². The second-order valence-electron chi connectivity index (χ2n) is 9.04. The van der Waals surface area contributed by atoms with Crippen molar-refractivity contribution >= 4 is 22.6 Å². The lowest BCUT2D eigenvalue weighted by Crippen LogP contribution is -2.46. The zero-order valence-corrected chi connectivity index (χ0v) is 18.5. The van der Waals surface area contributed by atoms with Crippen LogP contribution < -0.4 is 10.2 Å². The summed E-state index contributed by atoms with van der Waals surface area (Å²) in [5, 5.41) is 4.11. The molecule has 3 aromatic rings. The van der Waals surface area contributed by atoms with E-state index < -0.39 is 0 Å². The third-order valence-electron chi connectivity index (χ3n) is 5.27. The Morgan fingerprint density at radius 2 is 1.87 bits per heavy atom. The Morgan fingerprint density at radius 1 is 1.03 bits per heavy atom. The number of nitrogens with zero attached hydrogens (tertiary/aromatic N) is 5. The molecule has 4 rings (SSSR count). The van der Waals surface area contributed by atoms with Crippen molar-refractivity contribution < 1.29 is 4.79 Å². The van der Waals surface area contributed by atoms with Crippen LogP contribution in [0.1, 0.15) is 27.2 Å². The lowest BCUT2D eigenvalue weighted by Gasteiger charge is -2.25. The van der Waals surface area contributed by atoms with Crippen LogP contribution in [-0.4, -0.2) is 64.0 Å². The fourth-order valence-electron chi connectivity index (χ4n) is 3.93. The number of carbonyl (C=O) groups is 1. The number of hydrogen-bond acceptors (Lipinski definition) is 6. The minimum absolute atomic E-state index is 0.0762. The minimum Gasteiger partial charge on any atom is -0.355 e. The number of amides is 1. The largest absolute Gasteiger partial charge is 0.355 e. The van der Waals surface area contributed by atoms with Gasteiger partial charge in [0.2, 0.25) is 5.91 Å². The molecule has 3 heterocycles. The van der Waals surface area contributed by atoms with Crippen LogP contribution in [0.15, 0.2) is 48.8 Å². The third-order valence-corrected chi connectivity index (χ3v) is 5.27. The van der Waals surface area contributed by atoms with Crippen LogP contribution in [0, 0.1) is 0 Å². The molecule has 0 aliphatic carbocycles. The van der Waals surface area contributed by atoms with Crippen LogP contribution in [0.25, 0.3) is 22.3 Å². The van der Waals surface area contributed by atoms with Crippen molar-refractivity contribution in [3.63, 3.8) is 0 Å². The van der Waals surface area contributed by atoms with Gasteiger partial charge in [-0.15, -0.1) is 0 Å². The van der Waals surface area contributed by atoms with E-state index in [0.29, 0.717) is 12.4 Å². The molecular weight excluding hydrogens is 388 g/mol. The average molecular weight is 419 g/mol. The van der Waals surface area contributed by atoms with E-state index in [0.717, 1.165) is 54.9 Å². The van der Waals surface area contributed by atoms with Gasteiger partial charge < -0.3 is 10.2 Å². The SMILES string of the molecule is CC(C)(C)NC(=O)CN1CCCN(c2nc(-c3cccnc3)nc3ccccc23)CC1. The highest BCUT2D eigenvalue weighted by molar-refractivity contribution is 5.91. The minimum atomic E-state index is -0.211. The molecule has 0 saturated carbocycles. The maximum Gasteiger partial charge on any atom is 0.234 e. The summed E-state index contributed by atoms with van der Waals surface area (Å²) >= 11 is 0. The number of carbonyl (C=O) groups excluding carboxylic acids is 1. The van der Waals surface area contributed by atoms with Gasteiger partial charge in [0.05, 0.1) is 12.1 Å². The summed E-state index contributed by atoms with van der Waals surface area (Å²) in [6.45, 7) is 9.88.